The number of carbonyl (C=O) groups excluding carboxylic acids is 1. The Morgan fingerprint density at radius 1 is 0.939 bits per heavy atom. The van der Waals surface area contributed by atoms with Crippen molar-refractivity contribution in [3.63, 3.8) is 0 Å². The number of carbonyl (C=O) groups is 1. The number of rotatable bonds is 9. The van der Waals surface area contributed by atoms with Crippen LogP contribution in [0.25, 0.3) is 0 Å². The van der Waals surface area contributed by atoms with Crippen molar-refractivity contribution in [2.45, 2.75) is 116 Å². The van der Waals surface area contributed by atoms with E-state index in [0.29, 0.717) is 19.4 Å². The van der Waals surface area contributed by atoms with Crippen molar-refractivity contribution in [1.82, 2.24) is 0 Å². The van der Waals surface area contributed by atoms with Crippen molar-refractivity contribution in [3.05, 3.63) is 47.2 Å². The van der Waals surface area contributed by atoms with Crippen LogP contribution in [0, 0.1) is 0 Å². The molecular formula is C27H46O4Si2. The van der Waals surface area contributed by atoms with E-state index >= 15 is 0 Å². The quantitative estimate of drug-likeness (QED) is 0.264. The Hall–Kier alpha value is -1.22. The molecule has 0 saturated heterocycles. The Morgan fingerprint density at radius 2 is 1.52 bits per heavy atom. The number of ether oxygens (including phenoxy) is 1. The van der Waals surface area contributed by atoms with E-state index in [-0.39, 0.29) is 22.3 Å². The van der Waals surface area contributed by atoms with Gasteiger partial charge in [0.1, 0.15) is 6.29 Å². The van der Waals surface area contributed by atoms with Gasteiger partial charge in [-0.05, 0) is 41.8 Å². The molecule has 0 fully saturated rings. The largest absolute Gasteiger partial charge is 0.546 e. The summed E-state index contributed by atoms with van der Waals surface area (Å²) in [7, 11) is -4.13. The van der Waals surface area contributed by atoms with Crippen molar-refractivity contribution in [2.75, 3.05) is 0 Å². The van der Waals surface area contributed by atoms with Gasteiger partial charge in [0.25, 0.3) is 0 Å². The zero-order valence-corrected chi connectivity index (χ0v) is 24.6. The Morgan fingerprint density at radius 3 is 2.03 bits per heavy atom. The average molecular weight is 491 g/mol. The number of hydrogen-bond donors (Lipinski definition) is 0. The van der Waals surface area contributed by atoms with Gasteiger partial charge in [0.05, 0.1) is 24.6 Å². The van der Waals surface area contributed by atoms with Crippen LogP contribution in [0.15, 0.2) is 41.7 Å². The molecule has 33 heavy (non-hydrogen) atoms. The second-order valence-electron chi connectivity index (χ2n) is 12.4. The molecule has 0 amide bonds. The monoisotopic (exact) mass is 490 g/mol. The molecule has 1 aromatic carbocycles. The highest BCUT2D eigenvalue weighted by atomic mass is 28.4. The minimum absolute atomic E-state index is 0.00450. The van der Waals surface area contributed by atoms with E-state index in [0.717, 1.165) is 29.6 Å². The van der Waals surface area contributed by atoms with E-state index in [1.54, 1.807) is 0 Å². The van der Waals surface area contributed by atoms with Crippen molar-refractivity contribution >= 4 is 22.9 Å². The third kappa shape index (κ3) is 7.38. The van der Waals surface area contributed by atoms with Gasteiger partial charge in [-0.2, -0.15) is 0 Å². The second-order valence-corrected chi connectivity index (χ2v) is 21.9. The van der Waals surface area contributed by atoms with E-state index in [1.165, 1.54) is 0 Å². The molecular weight excluding hydrogens is 444 g/mol. The fourth-order valence-corrected chi connectivity index (χ4v) is 5.89. The van der Waals surface area contributed by atoms with Gasteiger partial charge in [0, 0.05) is 24.8 Å². The fraction of sp³-hybridized carbons (Fsp3) is 0.667. The normalized spacial score (nSPS) is 20.7. The van der Waals surface area contributed by atoms with Gasteiger partial charge in [-0.3, -0.25) is 0 Å². The van der Waals surface area contributed by atoms with Gasteiger partial charge in [-0.25, -0.2) is 0 Å². The smallest absolute Gasteiger partial charge is 0.250 e. The van der Waals surface area contributed by atoms with Crippen LogP contribution in [0.1, 0.15) is 66.4 Å². The van der Waals surface area contributed by atoms with Crippen LogP contribution in [0.4, 0.5) is 0 Å². The van der Waals surface area contributed by atoms with Crippen molar-refractivity contribution < 1.29 is 18.4 Å². The van der Waals surface area contributed by atoms with Crippen LogP contribution in [0.5, 0.6) is 0 Å². The Labute approximate surface area is 204 Å². The maximum atomic E-state index is 11.7. The third-order valence-electron chi connectivity index (χ3n) is 7.70. The molecule has 0 saturated carbocycles. The highest BCUT2D eigenvalue weighted by Gasteiger charge is 2.45. The van der Waals surface area contributed by atoms with Gasteiger partial charge in [-0.1, -0.05) is 71.9 Å². The molecule has 0 N–H and O–H groups in total. The summed E-state index contributed by atoms with van der Waals surface area (Å²) in [5, 5.41) is 0.150. The minimum atomic E-state index is -2.08. The van der Waals surface area contributed by atoms with Crippen LogP contribution in [0.3, 0.4) is 0 Å². The summed E-state index contributed by atoms with van der Waals surface area (Å²) < 4.78 is 20.1. The zero-order valence-electron chi connectivity index (χ0n) is 22.6. The molecule has 1 aliphatic rings. The predicted molar refractivity (Wildman–Crippen MR) is 142 cm³/mol. The molecule has 186 valence electrons. The zero-order chi connectivity index (χ0) is 25.1. The molecule has 0 bridgehead atoms. The molecule has 1 aromatic rings. The molecule has 0 aromatic heterocycles. The lowest BCUT2D eigenvalue weighted by Crippen LogP contribution is -2.47. The highest BCUT2D eigenvalue weighted by Crippen LogP contribution is 2.44. The lowest BCUT2D eigenvalue weighted by atomic mass is 9.91. The second kappa shape index (κ2) is 10.6. The maximum absolute atomic E-state index is 11.7. The molecule has 0 radical (unpaired) electrons. The summed E-state index contributed by atoms with van der Waals surface area (Å²) in [5.74, 6) is 0.932. The van der Waals surface area contributed by atoms with Crippen LogP contribution < -0.4 is 0 Å². The summed E-state index contributed by atoms with van der Waals surface area (Å²) in [5.41, 5.74) is 2.19. The molecule has 0 aliphatic heterocycles. The van der Waals surface area contributed by atoms with Gasteiger partial charge in [-0.15, -0.1) is 0 Å². The first kappa shape index (κ1) is 28.0. The van der Waals surface area contributed by atoms with Gasteiger partial charge < -0.3 is 18.4 Å². The van der Waals surface area contributed by atoms with Gasteiger partial charge >= 0.3 is 0 Å². The SMILES string of the molecule is CC(C)(C)[Si](C)(C)OC1=C(CC=O)[C@H](O[Si](C)(C)C(C)(C)C)CC(OCc2ccccc2)C1. The van der Waals surface area contributed by atoms with E-state index in [2.05, 4.69) is 79.9 Å². The Kier molecular flexibility index (Phi) is 8.99. The minimum Gasteiger partial charge on any atom is -0.546 e. The van der Waals surface area contributed by atoms with Crippen molar-refractivity contribution in [2.24, 2.45) is 0 Å². The highest BCUT2D eigenvalue weighted by molar-refractivity contribution is 6.74. The third-order valence-corrected chi connectivity index (χ3v) is 16.6. The summed E-state index contributed by atoms with van der Waals surface area (Å²) in [6, 6.07) is 10.3. The topological polar surface area (TPSA) is 44.8 Å². The summed E-state index contributed by atoms with van der Waals surface area (Å²) in [6.45, 7) is 23.1. The first-order chi connectivity index (χ1) is 15.1. The molecule has 4 nitrogen and oxygen atoms in total. The van der Waals surface area contributed by atoms with E-state index in [1.807, 2.05) is 18.2 Å². The van der Waals surface area contributed by atoms with E-state index < -0.39 is 16.6 Å². The summed E-state index contributed by atoms with van der Waals surface area (Å²) in [6.07, 6.45) is 2.65. The average Bonchev–Trinajstić information content (AvgIpc) is 2.67. The molecule has 1 unspecified atom stereocenters. The molecule has 6 heteroatoms. The molecule has 1 aliphatic carbocycles. The summed E-state index contributed by atoms with van der Waals surface area (Å²) in [4.78, 5) is 11.7. The standard InChI is InChI=1S/C27H46O4Si2/c1-26(2,3)32(7,8)30-24-18-22(29-20-21-14-12-11-13-15-21)19-25(23(24)16-17-28)31-33(9,10)27(4,5)6/h11-15,17,22,24H,16,18-20H2,1-10H3/t22?,24-/m1/s1. The lowest BCUT2D eigenvalue weighted by molar-refractivity contribution is -0.107. The molecule has 2 atom stereocenters. The van der Waals surface area contributed by atoms with Crippen molar-refractivity contribution in [1.29, 1.82) is 0 Å². The number of hydrogen-bond acceptors (Lipinski definition) is 4. The lowest BCUT2D eigenvalue weighted by Gasteiger charge is -2.44. The first-order valence-corrected chi connectivity index (χ1v) is 18.1. The molecule has 0 spiro atoms. The number of benzene rings is 1. The molecule has 2 rings (SSSR count). The number of aldehydes is 1. The van der Waals surface area contributed by atoms with Crippen molar-refractivity contribution in [3.8, 4) is 0 Å². The first-order valence-electron chi connectivity index (χ1n) is 12.3. The molecule has 0 heterocycles. The Bertz CT molecular complexity index is 817. The van der Waals surface area contributed by atoms with Crippen LogP contribution in [-0.4, -0.2) is 35.1 Å². The fourth-order valence-electron chi connectivity index (χ4n) is 3.45. The van der Waals surface area contributed by atoms with Crippen LogP contribution in [0.2, 0.25) is 36.3 Å². The van der Waals surface area contributed by atoms with Gasteiger partial charge in [0.15, 0.2) is 8.32 Å². The maximum Gasteiger partial charge on any atom is 0.250 e. The Balaban J connectivity index is 2.40. The summed E-state index contributed by atoms with van der Waals surface area (Å²) >= 11 is 0. The van der Waals surface area contributed by atoms with E-state index in [9.17, 15) is 4.79 Å². The predicted octanol–water partition coefficient (Wildman–Crippen LogP) is 7.62. The van der Waals surface area contributed by atoms with Crippen LogP contribution >= 0.6 is 0 Å². The van der Waals surface area contributed by atoms with E-state index in [4.69, 9.17) is 13.6 Å². The van der Waals surface area contributed by atoms with Gasteiger partial charge in [0.2, 0.25) is 8.32 Å². The van der Waals surface area contributed by atoms with Crippen LogP contribution in [-0.2, 0) is 25.0 Å².